The summed E-state index contributed by atoms with van der Waals surface area (Å²) in [6, 6.07) is 9.51. The van der Waals surface area contributed by atoms with Gasteiger partial charge in [0.25, 0.3) is 0 Å². The summed E-state index contributed by atoms with van der Waals surface area (Å²) in [6.45, 7) is 3.66. The monoisotopic (exact) mass is 307 g/mol. The summed E-state index contributed by atoms with van der Waals surface area (Å²) in [6.07, 6.45) is 6.81. The smallest absolute Gasteiger partial charge is 0.0207 e. The molecule has 2 fully saturated rings. The highest BCUT2D eigenvalue weighted by molar-refractivity contribution is 9.10. The van der Waals surface area contributed by atoms with Gasteiger partial charge in [-0.25, -0.2) is 0 Å². The predicted molar refractivity (Wildman–Crippen MR) is 79.7 cm³/mol. The van der Waals surface area contributed by atoms with Gasteiger partial charge in [0.15, 0.2) is 0 Å². The highest BCUT2D eigenvalue weighted by Crippen LogP contribution is 2.47. The minimum Gasteiger partial charge on any atom is -0.313 e. The fourth-order valence-electron chi connectivity index (χ4n) is 2.87. The van der Waals surface area contributed by atoms with Crippen LogP contribution in [-0.4, -0.2) is 12.6 Å². The van der Waals surface area contributed by atoms with Gasteiger partial charge in [0.1, 0.15) is 0 Å². The van der Waals surface area contributed by atoms with Crippen molar-refractivity contribution in [2.75, 3.05) is 6.54 Å². The Labute approximate surface area is 118 Å². The van der Waals surface area contributed by atoms with Crippen LogP contribution in [0.5, 0.6) is 0 Å². The molecule has 0 saturated heterocycles. The van der Waals surface area contributed by atoms with Crippen LogP contribution in [0.25, 0.3) is 0 Å². The Morgan fingerprint density at radius 2 is 1.94 bits per heavy atom. The molecule has 98 valence electrons. The molecule has 0 aliphatic heterocycles. The number of hydrogen-bond donors (Lipinski definition) is 1. The van der Waals surface area contributed by atoms with Crippen molar-refractivity contribution in [3.05, 3.63) is 34.3 Å². The lowest BCUT2D eigenvalue weighted by Gasteiger charge is -2.31. The van der Waals surface area contributed by atoms with Gasteiger partial charge in [0.05, 0.1) is 0 Å². The van der Waals surface area contributed by atoms with Crippen molar-refractivity contribution in [3.8, 4) is 0 Å². The molecule has 1 nitrogen and oxygen atoms in total. The highest BCUT2D eigenvalue weighted by atomic mass is 79.9. The van der Waals surface area contributed by atoms with E-state index >= 15 is 0 Å². The maximum absolute atomic E-state index is 3.74. The molecule has 0 aromatic heterocycles. The number of hydrogen-bond acceptors (Lipinski definition) is 1. The Hall–Kier alpha value is -0.340. The fourth-order valence-corrected chi connectivity index (χ4v) is 3.30. The Morgan fingerprint density at radius 3 is 2.56 bits per heavy atom. The molecule has 18 heavy (non-hydrogen) atoms. The fraction of sp³-hybridized carbons (Fsp3) is 0.625. The zero-order valence-electron chi connectivity index (χ0n) is 11.1. The minimum absolute atomic E-state index is 0.437. The average Bonchev–Trinajstić information content (AvgIpc) is 3.22. The van der Waals surface area contributed by atoms with Gasteiger partial charge in [-0.05, 0) is 55.1 Å². The zero-order chi connectivity index (χ0) is 12.6. The predicted octanol–water partition coefficient (Wildman–Crippen LogP) is 4.16. The molecule has 1 aromatic rings. The molecule has 0 heterocycles. The quantitative estimate of drug-likeness (QED) is 0.832. The summed E-state index contributed by atoms with van der Waals surface area (Å²) in [7, 11) is 0. The number of rotatable bonds is 6. The third-order valence-electron chi connectivity index (χ3n) is 4.49. The van der Waals surface area contributed by atoms with E-state index in [-0.39, 0.29) is 0 Å². The van der Waals surface area contributed by atoms with E-state index in [0.29, 0.717) is 5.41 Å². The lowest BCUT2D eigenvalue weighted by molar-refractivity contribution is 0.254. The zero-order valence-corrected chi connectivity index (χ0v) is 12.7. The standard InChI is InChI=1S/C16H22BrN/c1-16(13-6-7-13,11-18-14-8-9-14)10-12-4-2-3-5-15(12)17/h2-5,13-14,18H,6-11H2,1H3. The lowest BCUT2D eigenvalue weighted by atomic mass is 9.79. The first kappa shape index (κ1) is 12.7. The normalized spacial score (nSPS) is 22.8. The molecule has 2 aliphatic rings. The molecule has 0 spiro atoms. The van der Waals surface area contributed by atoms with E-state index in [1.165, 1.54) is 48.7 Å². The van der Waals surface area contributed by atoms with Crippen LogP contribution in [0.2, 0.25) is 0 Å². The van der Waals surface area contributed by atoms with Crippen LogP contribution in [0.1, 0.15) is 38.2 Å². The van der Waals surface area contributed by atoms with E-state index < -0.39 is 0 Å². The van der Waals surface area contributed by atoms with Crippen molar-refractivity contribution in [2.24, 2.45) is 11.3 Å². The molecule has 0 radical (unpaired) electrons. The van der Waals surface area contributed by atoms with Crippen molar-refractivity contribution in [1.29, 1.82) is 0 Å². The third-order valence-corrected chi connectivity index (χ3v) is 5.26. The molecule has 1 atom stereocenters. The van der Waals surface area contributed by atoms with E-state index in [0.717, 1.165) is 12.0 Å². The molecule has 3 rings (SSSR count). The van der Waals surface area contributed by atoms with Crippen LogP contribution in [0.15, 0.2) is 28.7 Å². The first-order valence-electron chi connectivity index (χ1n) is 7.14. The van der Waals surface area contributed by atoms with E-state index in [4.69, 9.17) is 0 Å². The summed E-state index contributed by atoms with van der Waals surface area (Å²) in [4.78, 5) is 0. The maximum Gasteiger partial charge on any atom is 0.0207 e. The van der Waals surface area contributed by atoms with Gasteiger partial charge in [0.2, 0.25) is 0 Å². The molecule has 1 aromatic carbocycles. The lowest BCUT2D eigenvalue weighted by Crippen LogP contribution is -2.36. The van der Waals surface area contributed by atoms with E-state index in [1.807, 2.05) is 0 Å². The largest absolute Gasteiger partial charge is 0.313 e. The number of nitrogens with one attached hydrogen (secondary N) is 1. The number of benzene rings is 1. The van der Waals surface area contributed by atoms with Crippen LogP contribution < -0.4 is 5.32 Å². The molecule has 2 saturated carbocycles. The Balaban J connectivity index is 1.70. The van der Waals surface area contributed by atoms with Crippen molar-refractivity contribution >= 4 is 15.9 Å². The Bertz CT molecular complexity index is 423. The van der Waals surface area contributed by atoms with Crippen LogP contribution >= 0.6 is 15.9 Å². The van der Waals surface area contributed by atoms with Crippen molar-refractivity contribution < 1.29 is 0 Å². The first-order valence-corrected chi connectivity index (χ1v) is 7.93. The van der Waals surface area contributed by atoms with Gasteiger partial charge in [-0.15, -0.1) is 0 Å². The molecular weight excluding hydrogens is 286 g/mol. The van der Waals surface area contributed by atoms with E-state index in [1.54, 1.807) is 0 Å². The van der Waals surface area contributed by atoms with Crippen LogP contribution in [0.3, 0.4) is 0 Å². The second-order valence-electron chi connectivity index (χ2n) is 6.35. The summed E-state index contributed by atoms with van der Waals surface area (Å²) < 4.78 is 1.27. The molecule has 2 aliphatic carbocycles. The molecule has 0 bridgehead atoms. The minimum atomic E-state index is 0.437. The van der Waals surface area contributed by atoms with Gasteiger partial charge >= 0.3 is 0 Å². The average molecular weight is 308 g/mol. The van der Waals surface area contributed by atoms with Crippen molar-refractivity contribution in [2.45, 2.75) is 45.1 Å². The highest BCUT2D eigenvalue weighted by Gasteiger charge is 2.42. The third kappa shape index (κ3) is 2.97. The Kier molecular flexibility index (Phi) is 3.50. The molecule has 1 unspecified atom stereocenters. The van der Waals surface area contributed by atoms with Crippen molar-refractivity contribution in [1.82, 2.24) is 5.32 Å². The Morgan fingerprint density at radius 1 is 1.22 bits per heavy atom. The molecular formula is C16H22BrN. The van der Waals surface area contributed by atoms with Crippen molar-refractivity contribution in [3.63, 3.8) is 0 Å². The van der Waals surface area contributed by atoms with Gasteiger partial charge in [-0.3, -0.25) is 0 Å². The second-order valence-corrected chi connectivity index (χ2v) is 7.21. The van der Waals surface area contributed by atoms with Gasteiger partial charge in [0, 0.05) is 17.1 Å². The van der Waals surface area contributed by atoms with Crippen LogP contribution in [0, 0.1) is 11.3 Å². The maximum atomic E-state index is 3.74. The van der Waals surface area contributed by atoms with Gasteiger partial charge in [-0.2, -0.15) is 0 Å². The second kappa shape index (κ2) is 4.97. The molecule has 0 amide bonds. The first-order chi connectivity index (χ1) is 8.67. The van der Waals surface area contributed by atoms with Gasteiger partial charge in [-0.1, -0.05) is 41.1 Å². The molecule has 2 heteroatoms. The number of halogens is 1. The van der Waals surface area contributed by atoms with E-state index in [9.17, 15) is 0 Å². The van der Waals surface area contributed by atoms with Gasteiger partial charge < -0.3 is 5.32 Å². The SMILES string of the molecule is CC(CNC1CC1)(Cc1ccccc1Br)C1CC1. The van der Waals surface area contributed by atoms with Crippen LogP contribution in [-0.2, 0) is 6.42 Å². The summed E-state index contributed by atoms with van der Waals surface area (Å²) >= 11 is 3.69. The summed E-state index contributed by atoms with van der Waals surface area (Å²) in [5.74, 6) is 0.927. The molecule has 1 N–H and O–H groups in total. The summed E-state index contributed by atoms with van der Waals surface area (Å²) in [5, 5.41) is 3.74. The topological polar surface area (TPSA) is 12.0 Å². The van der Waals surface area contributed by atoms with E-state index in [2.05, 4.69) is 52.4 Å². The van der Waals surface area contributed by atoms with Crippen LogP contribution in [0.4, 0.5) is 0 Å². The summed E-state index contributed by atoms with van der Waals surface area (Å²) in [5.41, 5.74) is 1.90.